The van der Waals surface area contributed by atoms with E-state index in [4.69, 9.17) is 20.1 Å². The molecule has 0 bridgehead atoms. The van der Waals surface area contributed by atoms with Crippen LogP contribution in [0.1, 0.15) is 0 Å². The zero-order chi connectivity index (χ0) is 7.72. The molecule has 0 saturated carbocycles. The Labute approximate surface area is 66.6 Å². The van der Waals surface area contributed by atoms with Crippen molar-refractivity contribution >= 4 is 15.9 Å². The molecule has 10 heavy (non-hydrogen) atoms. The summed E-state index contributed by atoms with van der Waals surface area (Å²) in [6.07, 6.45) is -2.61. The van der Waals surface area contributed by atoms with Crippen LogP contribution in [-0.4, -0.2) is 45.3 Å². The minimum Gasteiger partial charge on any atom is -0.394 e. The minimum atomic E-state index is -0.991. The Morgan fingerprint density at radius 1 is 1.30 bits per heavy atom. The largest absolute Gasteiger partial charge is 0.394 e. The highest BCUT2D eigenvalue weighted by Gasteiger charge is 2.40. The van der Waals surface area contributed by atoms with E-state index in [1.807, 2.05) is 0 Å². The molecule has 3 N–H and O–H groups in total. The standard InChI is InChI=1S/C5H9BrO4/c6-5-4(9)3(8)2(1-7)10-5/h2-5,7-9H,1H2/t2-,3-,4+,5?/m0/s1. The van der Waals surface area contributed by atoms with Crippen molar-refractivity contribution in [1.29, 1.82) is 0 Å². The molecule has 0 radical (unpaired) electrons. The van der Waals surface area contributed by atoms with Crippen molar-refractivity contribution < 1.29 is 20.1 Å². The summed E-state index contributed by atoms with van der Waals surface area (Å²) >= 11 is 2.98. The minimum absolute atomic E-state index is 0.277. The average molecular weight is 213 g/mol. The van der Waals surface area contributed by atoms with Crippen LogP contribution in [-0.2, 0) is 4.74 Å². The van der Waals surface area contributed by atoms with Crippen molar-refractivity contribution in [2.45, 2.75) is 23.3 Å². The summed E-state index contributed by atoms with van der Waals surface area (Å²) < 4.78 is 4.90. The molecule has 0 amide bonds. The van der Waals surface area contributed by atoms with E-state index >= 15 is 0 Å². The highest BCUT2D eigenvalue weighted by molar-refractivity contribution is 9.09. The van der Waals surface area contributed by atoms with E-state index in [1.54, 1.807) is 0 Å². The van der Waals surface area contributed by atoms with E-state index in [9.17, 15) is 0 Å². The quantitative estimate of drug-likeness (QED) is 0.479. The van der Waals surface area contributed by atoms with Gasteiger partial charge in [-0.3, -0.25) is 0 Å². The predicted octanol–water partition coefficient (Wildman–Crippen LogP) is -1.18. The first-order valence-corrected chi connectivity index (χ1v) is 3.85. The first-order chi connectivity index (χ1) is 4.66. The van der Waals surface area contributed by atoms with E-state index in [-0.39, 0.29) is 6.61 Å². The summed E-state index contributed by atoms with van der Waals surface area (Å²) in [4.78, 5) is 0. The molecular weight excluding hydrogens is 204 g/mol. The normalized spacial score (nSPS) is 48.0. The van der Waals surface area contributed by atoms with Crippen LogP contribution in [0.25, 0.3) is 0 Å². The molecule has 0 aromatic carbocycles. The van der Waals surface area contributed by atoms with E-state index < -0.39 is 23.3 Å². The third-order valence-electron chi connectivity index (χ3n) is 1.48. The van der Waals surface area contributed by atoms with Crippen LogP contribution in [0, 0.1) is 0 Å². The highest BCUT2D eigenvalue weighted by atomic mass is 79.9. The topological polar surface area (TPSA) is 69.9 Å². The second-order valence-corrected chi connectivity index (χ2v) is 3.09. The van der Waals surface area contributed by atoms with E-state index in [2.05, 4.69) is 15.9 Å². The Morgan fingerprint density at radius 3 is 2.10 bits per heavy atom. The Kier molecular flexibility index (Phi) is 2.65. The molecular formula is C5H9BrO4. The van der Waals surface area contributed by atoms with Gasteiger partial charge in [0.2, 0.25) is 0 Å². The van der Waals surface area contributed by atoms with Gasteiger partial charge in [0.15, 0.2) is 0 Å². The van der Waals surface area contributed by atoms with Gasteiger partial charge in [-0.25, -0.2) is 0 Å². The van der Waals surface area contributed by atoms with E-state index in [0.717, 1.165) is 0 Å². The van der Waals surface area contributed by atoms with Crippen molar-refractivity contribution in [2.75, 3.05) is 6.61 Å². The maximum atomic E-state index is 9.06. The van der Waals surface area contributed by atoms with Crippen LogP contribution in [0.2, 0.25) is 0 Å². The number of halogens is 1. The van der Waals surface area contributed by atoms with Crippen LogP contribution >= 0.6 is 15.9 Å². The van der Waals surface area contributed by atoms with E-state index in [1.165, 1.54) is 0 Å². The summed E-state index contributed by atoms with van der Waals surface area (Å²) in [7, 11) is 0. The molecule has 1 aliphatic heterocycles. The van der Waals surface area contributed by atoms with Crippen LogP contribution in [0.3, 0.4) is 0 Å². The second-order valence-electron chi connectivity index (χ2n) is 2.19. The van der Waals surface area contributed by atoms with Crippen LogP contribution < -0.4 is 0 Å². The fraction of sp³-hybridized carbons (Fsp3) is 1.00. The van der Waals surface area contributed by atoms with Gasteiger partial charge in [-0.1, -0.05) is 15.9 Å². The molecule has 60 valence electrons. The highest BCUT2D eigenvalue weighted by Crippen LogP contribution is 2.24. The first kappa shape index (κ1) is 8.42. The lowest BCUT2D eigenvalue weighted by molar-refractivity contribution is -0.00760. The van der Waals surface area contributed by atoms with Gasteiger partial charge in [0.25, 0.3) is 0 Å². The number of rotatable bonds is 1. The zero-order valence-electron chi connectivity index (χ0n) is 5.14. The second kappa shape index (κ2) is 3.15. The lowest BCUT2D eigenvalue weighted by Gasteiger charge is -2.09. The van der Waals surface area contributed by atoms with Crippen molar-refractivity contribution in [3.05, 3.63) is 0 Å². The number of hydrogen-bond donors (Lipinski definition) is 3. The molecule has 5 heteroatoms. The number of aliphatic hydroxyl groups is 3. The molecule has 1 heterocycles. The molecule has 0 aromatic rings. The van der Waals surface area contributed by atoms with Crippen molar-refractivity contribution in [1.82, 2.24) is 0 Å². The number of ether oxygens (including phenoxy) is 1. The van der Waals surface area contributed by atoms with Gasteiger partial charge in [0.1, 0.15) is 23.3 Å². The van der Waals surface area contributed by atoms with Crippen LogP contribution in [0.5, 0.6) is 0 Å². The summed E-state index contributed by atoms with van der Waals surface area (Å²) in [6.45, 7) is -0.277. The van der Waals surface area contributed by atoms with Crippen molar-refractivity contribution in [2.24, 2.45) is 0 Å². The van der Waals surface area contributed by atoms with Crippen LogP contribution in [0.15, 0.2) is 0 Å². The molecule has 4 atom stereocenters. The van der Waals surface area contributed by atoms with Gasteiger partial charge in [-0.15, -0.1) is 0 Å². The lowest BCUT2D eigenvalue weighted by atomic mass is 10.2. The lowest BCUT2D eigenvalue weighted by Crippen LogP contribution is -2.32. The molecule has 0 aliphatic carbocycles. The molecule has 4 nitrogen and oxygen atoms in total. The van der Waals surface area contributed by atoms with Gasteiger partial charge < -0.3 is 20.1 Å². The molecule has 1 aliphatic rings. The molecule has 1 fully saturated rings. The molecule has 1 saturated heterocycles. The molecule has 1 unspecified atom stereocenters. The van der Waals surface area contributed by atoms with Crippen molar-refractivity contribution in [3.63, 3.8) is 0 Å². The number of alkyl halides is 1. The van der Waals surface area contributed by atoms with E-state index in [0.29, 0.717) is 0 Å². The van der Waals surface area contributed by atoms with Crippen molar-refractivity contribution in [3.8, 4) is 0 Å². The van der Waals surface area contributed by atoms with Gasteiger partial charge >= 0.3 is 0 Å². The SMILES string of the molecule is OC[C@@H]1OC(Br)[C@H](O)[C@H]1O. The smallest absolute Gasteiger partial charge is 0.141 e. The molecule has 1 rings (SSSR count). The third kappa shape index (κ3) is 1.33. The maximum absolute atomic E-state index is 9.06. The monoisotopic (exact) mass is 212 g/mol. The third-order valence-corrected chi connectivity index (χ3v) is 2.24. The van der Waals surface area contributed by atoms with Crippen LogP contribution in [0.4, 0.5) is 0 Å². The first-order valence-electron chi connectivity index (χ1n) is 2.93. The summed E-state index contributed by atoms with van der Waals surface area (Å²) in [5.74, 6) is 0. The number of aliphatic hydroxyl groups excluding tert-OH is 3. The van der Waals surface area contributed by atoms with Gasteiger partial charge in [0, 0.05) is 0 Å². The summed E-state index contributed by atoms with van der Waals surface area (Å²) in [5, 5.41) is 26.1. The van der Waals surface area contributed by atoms with Gasteiger partial charge in [-0.2, -0.15) is 0 Å². The summed E-state index contributed by atoms with van der Waals surface area (Å²) in [6, 6.07) is 0. The average Bonchev–Trinajstić information content (AvgIpc) is 2.17. The Bertz CT molecular complexity index is 120. The van der Waals surface area contributed by atoms with Gasteiger partial charge in [0.05, 0.1) is 6.61 Å². The Balaban J connectivity index is 2.53. The zero-order valence-corrected chi connectivity index (χ0v) is 6.73. The fourth-order valence-corrected chi connectivity index (χ4v) is 1.44. The van der Waals surface area contributed by atoms with Gasteiger partial charge in [-0.05, 0) is 0 Å². The molecule has 0 spiro atoms. The number of hydrogen-bond acceptors (Lipinski definition) is 4. The predicted molar refractivity (Wildman–Crippen MR) is 36.7 cm³/mol. The fourth-order valence-electron chi connectivity index (χ4n) is 0.854. The maximum Gasteiger partial charge on any atom is 0.141 e. The Morgan fingerprint density at radius 2 is 1.90 bits per heavy atom. The molecule has 0 aromatic heterocycles. The summed E-state index contributed by atoms with van der Waals surface area (Å²) in [5.41, 5.74) is 0. The Hall–Kier alpha value is 0.320.